The van der Waals surface area contributed by atoms with E-state index in [0.717, 1.165) is 52.1 Å². The Balaban J connectivity index is 3.43. The molecule has 0 aliphatic carbocycles. The Morgan fingerprint density at radius 1 is 0.746 bits per heavy atom. The van der Waals surface area contributed by atoms with Crippen LogP contribution in [0.25, 0.3) is 0 Å². The van der Waals surface area contributed by atoms with Crippen LogP contribution in [0, 0.1) is 28.6 Å². The highest BCUT2D eigenvalue weighted by molar-refractivity contribution is 5.95. The molecule has 0 fully saturated rings. The lowest BCUT2D eigenvalue weighted by atomic mass is 9.82. The molecule has 0 aliphatic rings. The van der Waals surface area contributed by atoms with Gasteiger partial charge in [0, 0.05) is 19.3 Å². The zero-order valence-corrected chi connectivity index (χ0v) is 38.9. The van der Waals surface area contributed by atoms with Crippen molar-refractivity contribution < 1.29 is 67.1 Å². The fraction of sp³-hybridized carbons (Fsp3) is 0.646. The molecule has 1 aromatic carbocycles. The highest BCUT2D eigenvalue weighted by Gasteiger charge is 2.51. The lowest BCUT2D eigenvalue weighted by Crippen LogP contribution is -2.56. The number of benzene rings is 1. The predicted molar refractivity (Wildman–Crippen MR) is 234 cm³/mol. The smallest absolute Gasteiger partial charge is 0.342 e. The van der Waals surface area contributed by atoms with E-state index >= 15 is 0 Å². The van der Waals surface area contributed by atoms with Crippen molar-refractivity contribution in [1.82, 2.24) is 5.32 Å². The molecule has 0 spiro atoms. The van der Waals surface area contributed by atoms with E-state index in [4.69, 9.17) is 28.4 Å². The van der Waals surface area contributed by atoms with Crippen LogP contribution in [0.15, 0.2) is 36.4 Å². The summed E-state index contributed by atoms with van der Waals surface area (Å²) in [7, 11) is 1.13. The predicted octanol–water partition coefficient (Wildman–Crippen LogP) is 7.03. The normalized spacial score (nSPS) is 13.3. The summed E-state index contributed by atoms with van der Waals surface area (Å²) in [6.07, 6.45) is 11.3. The van der Waals surface area contributed by atoms with Gasteiger partial charge in [0.2, 0.25) is 19.5 Å². The Kier molecular flexibility index (Phi) is 25.9. The number of hydrogen-bond donors (Lipinski definition) is 2. The molecule has 1 rings (SSSR count). The third-order valence-electron chi connectivity index (χ3n) is 9.70. The van der Waals surface area contributed by atoms with Gasteiger partial charge in [0.1, 0.15) is 24.2 Å². The van der Waals surface area contributed by atoms with E-state index in [0.29, 0.717) is 37.0 Å². The number of methoxy groups -OCH3 is 1. The molecular formula is C48H71NO14. The summed E-state index contributed by atoms with van der Waals surface area (Å²) in [6.45, 7) is 11.6. The van der Waals surface area contributed by atoms with Crippen molar-refractivity contribution in [3.05, 3.63) is 42.0 Å². The number of rotatable bonds is 29. The fourth-order valence-electron chi connectivity index (χ4n) is 5.85. The number of amides is 1. The molecule has 0 unspecified atom stereocenters. The van der Waals surface area contributed by atoms with Crippen molar-refractivity contribution in [3.63, 3.8) is 0 Å². The van der Waals surface area contributed by atoms with Crippen LogP contribution in [0.1, 0.15) is 144 Å². The van der Waals surface area contributed by atoms with Crippen LogP contribution in [0.4, 0.5) is 0 Å². The third kappa shape index (κ3) is 22.6. The summed E-state index contributed by atoms with van der Waals surface area (Å²) in [5, 5.41) is 14.7. The topological polar surface area (TPSA) is 207 Å². The first-order chi connectivity index (χ1) is 29.7. The molecule has 1 amide bonds. The summed E-state index contributed by atoms with van der Waals surface area (Å²) in [6, 6.07) is 5.33. The molecule has 63 heavy (non-hydrogen) atoms. The lowest BCUT2D eigenvalue weighted by Gasteiger charge is -2.32. The van der Waals surface area contributed by atoms with E-state index in [-0.39, 0.29) is 18.8 Å². The Bertz CT molecular complexity index is 1710. The molecule has 352 valence electrons. The maximum atomic E-state index is 14.3. The highest BCUT2D eigenvalue weighted by Crippen LogP contribution is 2.28. The van der Waals surface area contributed by atoms with E-state index in [1.807, 2.05) is 0 Å². The van der Waals surface area contributed by atoms with Crippen LogP contribution in [-0.4, -0.2) is 85.6 Å². The molecule has 3 atom stereocenters. The van der Waals surface area contributed by atoms with Gasteiger partial charge in [-0.3, -0.25) is 24.0 Å². The van der Waals surface area contributed by atoms with Gasteiger partial charge in [0.15, 0.2) is 5.60 Å². The molecular weight excluding hydrogens is 815 g/mol. The van der Waals surface area contributed by atoms with Crippen LogP contribution in [-0.2, 0) is 63.7 Å². The number of nitrogens with one attached hydrogen (secondary N) is 1. The molecule has 0 aliphatic heterocycles. The number of esters is 5. The first-order valence-corrected chi connectivity index (χ1v) is 21.8. The van der Waals surface area contributed by atoms with Crippen LogP contribution in [0.2, 0.25) is 0 Å². The van der Waals surface area contributed by atoms with Gasteiger partial charge in [-0.25, -0.2) is 9.59 Å². The van der Waals surface area contributed by atoms with E-state index in [1.54, 1.807) is 78.8 Å². The number of hydrogen-bond acceptors (Lipinski definition) is 14. The lowest BCUT2D eigenvalue weighted by molar-refractivity contribution is -0.195. The maximum Gasteiger partial charge on any atom is 0.342 e. The zero-order chi connectivity index (χ0) is 47.5. The minimum absolute atomic E-state index is 0.0852. The van der Waals surface area contributed by atoms with Gasteiger partial charge >= 0.3 is 29.8 Å². The Morgan fingerprint density at radius 2 is 1.29 bits per heavy atom. The molecule has 0 saturated carbocycles. The standard InChI is InChI=1S/C48H71NO14/c1-10-12-14-17-20-23-36(50)24-21-18-15-16-19-22-25-38(41(52)49-39(42(53)58-9)31-35-26-28-37(29-27-35)59-30-13-11-2)48(57,45(56)63-34-62-44(55)47(6,7)8)32-40(51)60-33-61-43(54)46(3,4)5/h22,25-29,38-39,57H,10,12,14-21,23-24,30-34H2,1-9H3,(H,49,52)/t38-,39+,48+/m1/s1. The maximum absolute atomic E-state index is 14.3. The summed E-state index contributed by atoms with van der Waals surface area (Å²) < 4.78 is 30.8. The molecule has 0 aromatic heterocycles. The summed E-state index contributed by atoms with van der Waals surface area (Å²) >= 11 is 0. The molecule has 0 saturated heterocycles. The van der Waals surface area contributed by atoms with Crippen LogP contribution >= 0.6 is 0 Å². The summed E-state index contributed by atoms with van der Waals surface area (Å²) in [4.78, 5) is 91.5. The monoisotopic (exact) mass is 885 g/mol. The first-order valence-electron chi connectivity index (χ1n) is 21.8. The molecule has 2 N–H and O–H groups in total. The SMILES string of the molecule is CC#CCOc1ccc(C[C@H](NC(=O)[C@@H](C=CCCCCCCC(=O)CCCCCCC)[C@@](O)(CC(=O)OCOC(=O)C(C)(C)C)C(=O)OCOC(=O)C(C)(C)C)C(=O)OC)cc1. The van der Waals surface area contributed by atoms with Crippen LogP contribution < -0.4 is 10.1 Å². The van der Waals surface area contributed by atoms with E-state index < -0.39 is 84.2 Å². The third-order valence-corrected chi connectivity index (χ3v) is 9.70. The number of carbonyl (C=O) groups excluding carboxylic acids is 7. The van der Waals surface area contributed by atoms with Crippen LogP contribution in [0.5, 0.6) is 5.75 Å². The number of allylic oxidation sites excluding steroid dienone is 1. The van der Waals surface area contributed by atoms with Gasteiger partial charge in [-0.15, -0.1) is 5.92 Å². The second-order valence-corrected chi connectivity index (χ2v) is 17.4. The minimum atomic E-state index is -3.02. The molecule has 1 aromatic rings. The second-order valence-electron chi connectivity index (χ2n) is 17.4. The van der Waals surface area contributed by atoms with Gasteiger partial charge < -0.3 is 38.8 Å². The van der Waals surface area contributed by atoms with Gasteiger partial charge in [0.05, 0.1) is 30.3 Å². The van der Waals surface area contributed by atoms with Crippen molar-refractivity contribution in [1.29, 1.82) is 0 Å². The summed E-state index contributed by atoms with van der Waals surface area (Å²) in [5.74, 6) is -1.72. The van der Waals surface area contributed by atoms with E-state index in [2.05, 4.69) is 24.1 Å². The Labute approximate surface area is 373 Å². The van der Waals surface area contributed by atoms with Crippen molar-refractivity contribution in [2.45, 2.75) is 157 Å². The Hall–Kier alpha value is -5.23. The number of unbranched alkanes of at least 4 members (excludes halogenated alkanes) is 8. The highest BCUT2D eigenvalue weighted by atomic mass is 16.7. The van der Waals surface area contributed by atoms with Crippen LogP contribution in [0.3, 0.4) is 0 Å². The van der Waals surface area contributed by atoms with Crippen molar-refractivity contribution in [2.24, 2.45) is 16.7 Å². The summed E-state index contributed by atoms with van der Waals surface area (Å²) in [5.41, 5.74) is -4.34. The largest absolute Gasteiger partial charge is 0.481 e. The number of carbonyl (C=O) groups is 7. The van der Waals surface area contributed by atoms with Crippen molar-refractivity contribution >= 4 is 41.5 Å². The van der Waals surface area contributed by atoms with Gasteiger partial charge in [0.25, 0.3) is 0 Å². The number of ether oxygens (including phenoxy) is 6. The number of ketones is 1. The quantitative estimate of drug-likeness (QED) is 0.0207. The van der Waals surface area contributed by atoms with Gasteiger partial charge in [-0.1, -0.05) is 75.7 Å². The minimum Gasteiger partial charge on any atom is -0.481 e. The molecule has 15 nitrogen and oxygen atoms in total. The van der Waals surface area contributed by atoms with Gasteiger partial charge in [-0.05, 0) is 91.8 Å². The van der Waals surface area contributed by atoms with Gasteiger partial charge in [-0.2, -0.15) is 0 Å². The molecule has 0 bridgehead atoms. The zero-order valence-electron chi connectivity index (χ0n) is 38.9. The van der Waals surface area contributed by atoms with E-state index in [9.17, 15) is 38.7 Å². The van der Waals surface area contributed by atoms with Crippen molar-refractivity contribution in [3.8, 4) is 17.6 Å². The fourth-order valence-corrected chi connectivity index (χ4v) is 5.85. The first kappa shape index (κ1) is 55.8. The number of aliphatic hydroxyl groups is 1. The second kappa shape index (κ2) is 29.2. The number of Topliss-reactive ketones (excluding diaryl/α,β-unsaturated/α-hetero) is 1. The average molecular weight is 886 g/mol. The Morgan fingerprint density at radius 3 is 1.83 bits per heavy atom. The van der Waals surface area contributed by atoms with E-state index in [1.165, 1.54) is 12.5 Å². The molecule has 15 heteroatoms. The average Bonchev–Trinajstić information content (AvgIpc) is 3.22. The van der Waals surface area contributed by atoms with Crippen molar-refractivity contribution in [2.75, 3.05) is 27.3 Å². The molecule has 0 radical (unpaired) electrons. The molecule has 0 heterocycles.